The third kappa shape index (κ3) is 4.19. The molecular weight excluding hydrogens is 360 g/mol. The van der Waals surface area contributed by atoms with Gasteiger partial charge in [0.1, 0.15) is 4.90 Å². The smallest absolute Gasteiger partial charge is 0.244 e. The van der Waals surface area contributed by atoms with E-state index >= 15 is 0 Å². The van der Waals surface area contributed by atoms with Crippen molar-refractivity contribution in [2.75, 3.05) is 18.0 Å². The number of piperidine rings is 1. The fourth-order valence-corrected chi connectivity index (χ4v) is 5.41. The molecule has 148 valence electrons. The van der Waals surface area contributed by atoms with Crippen LogP contribution in [0.15, 0.2) is 29.2 Å². The van der Waals surface area contributed by atoms with E-state index in [1.165, 1.54) is 12.8 Å². The summed E-state index contributed by atoms with van der Waals surface area (Å²) in [6.07, 6.45) is 2.43. The summed E-state index contributed by atoms with van der Waals surface area (Å²) in [5.74, 6) is 0.661. The maximum Gasteiger partial charge on any atom is 0.244 e. The van der Waals surface area contributed by atoms with Crippen LogP contribution in [-0.4, -0.2) is 31.3 Å². The van der Waals surface area contributed by atoms with Gasteiger partial charge in [-0.15, -0.1) is 0 Å². The Bertz CT molecular complexity index is 905. The largest absolute Gasteiger partial charge is 0.371 e. The number of anilines is 1. The molecule has 1 saturated heterocycles. The first-order chi connectivity index (χ1) is 12.8. The highest BCUT2D eigenvalue weighted by Gasteiger charge is 2.25. The van der Waals surface area contributed by atoms with Gasteiger partial charge in [-0.2, -0.15) is 5.10 Å². The van der Waals surface area contributed by atoms with Crippen molar-refractivity contribution < 1.29 is 8.42 Å². The number of hydrogen-bond donors (Lipinski definition) is 1. The van der Waals surface area contributed by atoms with E-state index < -0.39 is 10.0 Å². The van der Waals surface area contributed by atoms with E-state index in [1.807, 2.05) is 25.1 Å². The molecule has 1 aromatic heterocycles. The van der Waals surface area contributed by atoms with Crippen LogP contribution in [0, 0.1) is 19.8 Å². The highest BCUT2D eigenvalue weighted by molar-refractivity contribution is 7.89. The van der Waals surface area contributed by atoms with Gasteiger partial charge in [-0.1, -0.05) is 25.1 Å². The first kappa shape index (κ1) is 19.9. The summed E-state index contributed by atoms with van der Waals surface area (Å²) in [6.45, 7) is 10.8. The lowest BCUT2D eigenvalue weighted by Gasteiger charge is -2.34. The second kappa shape index (κ2) is 8.02. The minimum Gasteiger partial charge on any atom is -0.371 e. The van der Waals surface area contributed by atoms with Crippen molar-refractivity contribution in [3.8, 4) is 0 Å². The Labute approximate surface area is 162 Å². The first-order valence-electron chi connectivity index (χ1n) is 9.70. The van der Waals surface area contributed by atoms with Crippen molar-refractivity contribution >= 4 is 15.7 Å². The van der Waals surface area contributed by atoms with Crippen LogP contribution < -0.4 is 9.62 Å². The molecule has 1 aliphatic rings. The zero-order chi connectivity index (χ0) is 19.6. The summed E-state index contributed by atoms with van der Waals surface area (Å²) in [5.41, 5.74) is 3.36. The van der Waals surface area contributed by atoms with Gasteiger partial charge in [-0.3, -0.25) is 4.68 Å². The zero-order valence-corrected chi connectivity index (χ0v) is 17.5. The summed E-state index contributed by atoms with van der Waals surface area (Å²) < 4.78 is 30.4. The monoisotopic (exact) mass is 390 g/mol. The Morgan fingerprint density at radius 3 is 2.67 bits per heavy atom. The van der Waals surface area contributed by atoms with Crippen LogP contribution in [0.1, 0.15) is 43.6 Å². The average Bonchev–Trinajstić information content (AvgIpc) is 2.94. The highest BCUT2D eigenvalue weighted by atomic mass is 32.2. The molecule has 1 fully saturated rings. The zero-order valence-electron chi connectivity index (χ0n) is 16.7. The SMILES string of the molecule is CCn1nc(C)c(S(=O)(=O)NCc2ccccc2N2CCCC(C)C2)c1C. The normalized spacial score (nSPS) is 18.1. The third-order valence-electron chi connectivity index (χ3n) is 5.33. The third-order valence-corrected chi connectivity index (χ3v) is 6.98. The van der Waals surface area contributed by atoms with Gasteiger partial charge in [0, 0.05) is 31.9 Å². The molecule has 27 heavy (non-hydrogen) atoms. The minimum atomic E-state index is -3.62. The molecular formula is C20H30N4O2S. The van der Waals surface area contributed by atoms with Gasteiger partial charge in [0.2, 0.25) is 10.0 Å². The lowest BCUT2D eigenvalue weighted by Crippen LogP contribution is -2.35. The van der Waals surface area contributed by atoms with Crippen LogP contribution in [-0.2, 0) is 23.1 Å². The van der Waals surface area contributed by atoms with E-state index in [0.29, 0.717) is 28.7 Å². The molecule has 0 amide bonds. The number of para-hydroxylation sites is 1. The number of benzene rings is 1. The Morgan fingerprint density at radius 1 is 1.26 bits per heavy atom. The molecule has 0 spiro atoms. The second-order valence-corrected chi connectivity index (χ2v) is 9.17. The quantitative estimate of drug-likeness (QED) is 0.822. The Morgan fingerprint density at radius 2 is 2.00 bits per heavy atom. The summed E-state index contributed by atoms with van der Waals surface area (Å²) >= 11 is 0. The topological polar surface area (TPSA) is 67.2 Å². The Kier molecular flexibility index (Phi) is 5.91. The van der Waals surface area contributed by atoms with Crippen molar-refractivity contribution in [1.82, 2.24) is 14.5 Å². The molecule has 0 saturated carbocycles. The molecule has 1 atom stereocenters. The van der Waals surface area contributed by atoms with Gasteiger partial charge in [0.05, 0.1) is 11.4 Å². The number of aromatic nitrogens is 2. The summed E-state index contributed by atoms with van der Waals surface area (Å²) in [4.78, 5) is 2.68. The fraction of sp³-hybridized carbons (Fsp3) is 0.550. The minimum absolute atomic E-state index is 0.277. The molecule has 2 aromatic rings. The van der Waals surface area contributed by atoms with E-state index in [4.69, 9.17) is 0 Å². The van der Waals surface area contributed by atoms with Crippen LogP contribution >= 0.6 is 0 Å². The van der Waals surface area contributed by atoms with Crippen molar-refractivity contribution in [2.24, 2.45) is 5.92 Å². The highest BCUT2D eigenvalue weighted by Crippen LogP contribution is 2.27. The van der Waals surface area contributed by atoms with E-state index in [0.717, 1.165) is 24.3 Å². The molecule has 7 heteroatoms. The summed E-state index contributed by atoms with van der Waals surface area (Å²) in [6, 6.07) is 8.08. The van der Waals surface area contributed by atoms with E-state index in [1.54, 1.807) is 18.5 Å². The standard InChI is InChI=1S/C20H30N4O2S/c1-5-24-17(4)20(16(3)22-24)27(25,26)21-13-18-10-6-7-11-19(18)23-12-8-9-15(2)14-23/h6-7,10-11,15,21H,5,8-9,12-14H2,1-4H3. The second-order valence-electron chi connectivity index (χ2n) is 7.46. The van der Waals surface area contributed by atoms with Crippen LogP contribution in [0.2, 0.25) is 0 Å². The molecule has 1 aromatic carbocycles. The number of rotatable bonds is 6. The number of aryl methyl sites for hydroxylation is 2. The van der Waals surface area contributed by atoms with Crippen molar-refractivity contribution in [1.29, 1.82) is 0 Å². The van der Waals surface area contributed by atoms with Crippen LogP contribution in [0.25, 0.3) is 0 Å². The molecule has 1 N–H and O–H groups in total. The average molecular weight is 391 g/mol. The predicted molar refractivity (Wildman–Crippen MR) is 108 cm³/mol. The molecule has 1 unspecified atom stereocenters. The predicted octanol–water partition coefficient (Wildman–Crippen LogP) is 3.23. The maximum absolute atomic E-state index is 12.9. The van der Waals surface area contributed by atoms with Crippen molar-refractivity contribution in [3.05, 3.63) is 41.2 Å². The van der Waals surface area contributed by atoms with Crippen molar-refractivity contribution in [3.63, 3.8) is 0 Å². The molecule has 1 aliphatic heterocycles. The molecule has 0 radical (unpaired) electrons. The van der Waals surface area contributed by atoms with Crippen LogP contribution in [0.4, 0.5) is 5.69 Å². The molecule has 0 bridgehead atoms. The molecule has 6 nitrogen and oxygen atoms in total. The van der Waals surface area contributed by atoms with Gasteiger partial charge < -0.3 is 4.90 Å². The van der Waals surface area contributed by atoms with E-state index in [9.17, 15) is 8.42 Å². The summed E-state index contributed by atoms with van der Waals surface area (Å²) in [5, 5.41) is 4.34. The number of sulfonamides is 1. The Balaban J connectivity index is 1.82. The van der Waals surface area contributed by atoms with Gasteiger partial charge in [0.15, 0.2) is 0 Å². The van der Waals surface area contributed by atoms with Gasteiger partial charge in [0.25, 0.3) is 0 Å². The fourth-order valence-electron chi connectivity index (χ4n) is 4.00. The number of nitrogens with zero attached hydrogens (tertiary/aromatic N) is 3. The molecule has 0 aliphatic carbocycles. The molecule has 2 heterocycles. The number of nitrogens with one attached hydrogen (secondary N) is 1. The van der Waals surface area contributed by atoms with Crippen LogP contribution in [0.3, 0.4) is 0 Å². The lowest BCUT2D eigenvalue weighted by molar-refractivity contribution is 0.446. The van der Waals surface area contributed by atoms with Gasteiger partial charge in [-0.25, -0.2) is 13.1 Å². The number of hydrogen-bond acceptors (Lipinski definition) is 4. The molecule has 3 rings (SSSR count). The van der Waals surface area contributed by atoms with E-state index in [2.05, 4.69) is 27.7 Å². The van der Waals surface area contributed by atoms with Crippen LogP contribution in [0.5, 0.6) is 0 Å². The Hall–Kier alpha value is -1.86. The maximum atomic E-state index is 12.9. The first-order valence-corrected chi connectivity index (χ1v) is 11.2. The summed E-state index contributed by atoms with van der Waals surface area (Å²) in [7, 11) is -3.62. The van der Waals surface area contributed by atoms with Gasteiger partial charge >= 0.3 is 0 Å². The van der Waals surface area contributed by atoms with E-state index in [-0.39, 0.29) is 6.54 Å². The van der Waals surface area contributed by atoms with Crippen molar-refractivity contribution in [2.45, 2.75) is 58.5 Å². The van der Waals surface area contributed by atoms with Gasteiger partial charge in [-0.05, 0) is 51.2 Å². The lowest BCUT2D eigenvalue weighted by atomic mass is 9.99.